The summed E-state index contributed by atoms with van der Waals surface area (Å²) in [7, 11) is -2.28. The van der Waals surface area contributed by atoms with Gasteiger partial charge in [-0.1, -0.05) is 46.1 Å². The van der Waals surface area contributed by atoms with Crippen molar-refractivity contribution in [1.82, 2.24) is 15.5 Å². The Morgan fingerprint density at radius 1 is 1.13 bits per heavy atom. The number of imide groups is 1. The fourth-order valence-electron chi connectivity index (χ4n) is 8.97. The standard InChI is InChI=1S/C29H43N3O5Si/c1-26(2,3)38(4,5)37-19-13-15-29-22-21(36-22)20(23(33)31-29)28-14-9-10-17(28)16-27(19,29)24(34)32(28)25(35)30-18-11-7-6-8-12-18/h16,18-22H,6-15H2,1-5H3,(H,30,35)(H,31,33)/t19-,20+,21+,22+,27-,28+,29+/m1/s1. The van der Waals surface area contributed by atoms with Crippen LogP contribution in [0, 0.1) is 11.3 Å². The van der Waals surface area contributed by atoms with E-state index in [4.69, 9.17) is 9.16 Å². The van der Waals surface area contributed by atoms with Gasteiger partial charge < -0.3 is 19.8 Å². The lowest BCUT2D eigenvalue weighted by Gasteiger charge is -2.61. The van der Waals surface area contributed by atoms with Gasteiger partial charge in [0.2, 0.25) is 11.8 Å². The largest absolute Gasteiger partial charge is 0.412 e. The lowest BCUT2D eigenvalue weighted by atomic mass is 9.54. The van der Waals surface area contributed by atoms with E-state index in [0.717, 1.165) is 44.1 Å². The molecule has 0 aromatic heterocycles. The molecule has 7 fully saturated rings. The minimum Gasteiger partial charge on any atom is -0.412 e. The first-order valence-corrected chi connectivity index (χ1v) is 17.8. The molecule has 4 bridgehead atoms. The highest BCUT2D eigenvalue weighted by atomic mass is 28.4. The molecule has 0 aromatic rings. The first kappa shape index (κ1) is 25.3. The summed E-state index contributed by atoms with van der Waals surface area (Å²) in [5.41, 5.74) is -1.88. The zero-order valence-electron chi connectivity index (χ0n) is 23.5. The molecule has 7 atom stereocenters. The fourth-order valence-corrected chi connectivity index (χ4v) is 10.3. The van der Waals surface area contributed by atoms with Crippen LogP contribution >= 0.6 is 0 Å². The first-order chi connectivity index (χ1) is 17.9. The van der Waals surface area contributed by atoms with E-state index in [1.165, 1.54) is 6.42 Å². The summed E-state index contributed by atoms with van der Waals surface area (Å²) in [6, 6.07) is -0.247. The van der Waals surface area contributed by atoms with Gasteiger partial charge in [-0.3, -0.25) is 14.5 Å². The number of ether oxygens (including phenoxy) is 1. The molecule has 10 aliphatic rings. The molecule has 208 valence electrons. The predicted molar refractivity (Wildman–Crippen MR) is 144 cm³/mol. The molecule has 2 N–H and O–H groups in total. The van der Waals surface area contributed by atoms with Gasteiger partial charge in [-0.25, -0.2) is 4.79 Å². The Morgan fingerprint density at radius 3 is 2.58 bits per heavy atom. The van der Waals surface area contributed by atoms with Gasteiger partial charge in [0.25, 0.3) is 0 Å². The van der Waals surface area contributed by atoms with Crippen LogP contribution < -0.4 is 10.6 Å². The van der Waals surface area contributed by atoms with E-state index in [2.05, 4.69) is 50.6 Å². The van der Waals surface area contributed by atoms with Crippen LogP contribution in [0.4, 0.5) is 4.79 Å². The van der Waals surface area contributed by atoms with Gasteiger partial charge in [-0.2, -0.15) is 0 Å². The summed E-state index contributed by atoms with van der Waals surface area (Å²) >= 11 is 0. The molecular formula is C29H43N3O5Si. The Balaban J connectivity index is 1.40. The van der Waals surface area contributed by atoms with Gasteiger partial charge in [-0.05, 0) is 68.7 Å². The van der Waals surface area contributed by atoms with E-state index in [1.807, 2.05) is 0 Å². The topological polar surface area (TPSA) is 100 Å². The number of rotatable bonds is 3. The van der Waals surface area contributed by atoms with Crippen molar-refractivity contribution in [2.45, 2.75) is 139 Å². The maximum Gasteiger partial charge on any atom is 0.325 e. The molecule has 4 amide bonds. The lowest BCUT2D eigenvalue weighted by molar-refractivity contribution is -0.163. The van der Waals surface area contributed by atoms with Crippen molar-refractivity contribution >= 4 is 26.2 Å². The molecule has 3 spiro atoms. The normalized spacial score (nSPS) is 43.6. The van der Waals surface area contributed by atoms with Crippen molar-refractivity contribution in [3.63, 3.8) is 0 Å². The molecule has 10 rings (SSSR count). The number of urea groups is 1. The summed E-state index contributed by atoms with van der Waals surface area (Å²) in [6.07, 6.45) is 10.1. The van der Waals surface area contributed by atoms with Crippen LogP contribution in [-0.4, -0.2) is 66.5 Å². The highest BCUT2D eigenvalue weighted by molar-refractivity contribution is 6.74. The Morgan fingerprint density at radius 2 is 1.87 bits per heavy atom. The SMILES string of the molecule is CC(C)(C)[Si](C)(C)O[C@@H]1CC[C@]23NC(=O)[C@H]([C@@H]4O[C@@H]42)[C@]24CCCC2=C[C@]13C(=O)N4C(=O)NC1CCCCC1. The lowest BCUT2D eigenvalue weighted by Crippen LogP contribution is -2.82. The summed E-state index contributed by atoms with van der Waals surface area (Å²) < 4.78 is 13.5. The monoisotopic (exact) mass is 541 g/mol. The minimum atomic E-state index is -2.28. The van der Waals surface area contributed by atoms with Gasteiger partial charge >= 0.3 is 6.03 Å². The molecular weight excluding hydrogens is 498 g/mol. The smallest absolute Gasteiger partial charge is 0.325 e. The second-order valence-corrected chi connectivity index (χ2v) is 19.4. The summed E-state index contributed by atoms with van der Waals surface area (Å²) in [4.78, 5) is 45.0. The van der Waals surface area contributed by atoms with E-state index in [1.54, 1.807) is 4.90 Å². The maximum absolute atomic E-state index is 15.1. The summed E-state index contributed by atoms with van der Waals surface area (Å²) in [5.74, 6) is -0.792. The molecule has 4 aliphatic carbocycles. The van der Waals surface area contributed by atoms with E-state index in [9.17, 15) is 9.59 Å². The Kier molecular flexibility index (Phi) is 5.14. The number of nitrogens with zero attached hydrogens (tertiary/aromatic N) is 1. The number of epoxide rings is 1. The fraction of sp³-hybridized carbons (Fsp3) is 0.828. The van der Waals surface area contributed by atoms with Gasteiger partial charge in [0, 0.05) is 6.04 Å². The Bertz CT molecular complexity index is 1140. The number of piperidine rings is 1. The molecule has 4 saturated heterocycles. The predicted octanol–water partition coefficient (Wildman–Crippen LogP) is 4.16. The van der Waals surface area contributed by atoms with Crippen LogP contribution in [0.3, 0.4) is 0 Å². The van der Waals surface area contributed by atoms with Crippen molar-refractivity contribution < 1.29 is 23.5 Å². The number of hydrogen-bond donors (Lipinski definition) is 2. The highest BCUT2D eigenvalue weighted by Gasteiger charge is 2.85. The summed E-state index contributed by atoms with van der Waals surface area (Å²) in [6.45, 7) is 11.1. The number of hydrogen-bond acceptors (Lipinski definition) is 5. The van der Waals surface area contributed by atoms with Crippen LogP contribution in [-0.2, 0) is 18.8 Å². The molecule has 6 heterocycles. The van der Waals surface area contributed by atoms with Crippen LogP contribution in [0.5, 0.6) is 0 Å². The van der Waals surface area contributed by atoms with Crippen LogP contribution in [0.2, 0.25) is 18.1 Å². The zero-order chi connectivity index (χ0) is 26.9. The van der Waals surface area contributed by atoms with Gasteiger partial charge in [-0.15, -0.1) is 0 Å². The van der Waals surface area contributed by atoms with Gasteiger partial charge in [0.15, 0.2) is 8.32 Å². The van der Waals surface area contributed by atoms with Crippen molar-refractivity contribution in [3.05, 3.63) is 11.6 Å². The minimum absolute atomic E-state index is 0.0411. The first-order valence-electron chi connectivity index (χ1n) is 14.9. The molecule has 0 unspecified atom stereocenters. The zero-order valence-corrected chi connectivity index (χ0v) is 24.5. The van der Waals surface area contributed by atoms with E-state index >= 15 is 4.79 Å². The Hall–Kier alpha value is -1.71. The van der Waals surface area contributed by atoms with Crippen molar-refractivity contribution in [1.29, 1.82) is 0 Å². The second-order valence-electron chi connectivity index (χ2n) is 14.6. The Labute approximate surface area is 226 Å². The molecule has 3 saturated carbocycles. The molecule has 9 heteroatoms. The maximum atomic E-state index is 15.1. The van der Waals surface area contributed by atoms with Crippen LogP contribution in [0.1, 0.15) is 85.0 Å². The highest BCUT2D eigenvalue weighted by Crippen LogP contribution is 2.69. The molecule has 38 heavy (non-hydrogen) atoms. The number of carbonyl (C=O) groups is 3. The molecule has 0 aromatic carbocycles. The third kappa shape index (κ3) is 2.91. The van der Waals surface area contributed by atoms with E-state index < -0.39 is 36.8 Å². The van der Waals surface area contributed by atoms with Crippen LogP contribution in [0.25, 0.3) is 0 Å². The number of carbonyl (C=O) groups excluding carboxylic acids is 3. The van der Waals surface area contributed by atoms with E-state index in [-0.39, 0.29) is 41.1 Å². The number of amides is 4. The van der Waals surface area contributed by atoms with Crippen LogP contribution in [0.15, 0.2) is 11.6 Å². The average molecular weight is 542 g/mol. The molecule has 0 radical (unpaired) electrons. The third-order valence-corrected chi connectivity index (χ3v) is 16.3. The van der Waals surface area contributed by atoms with Crippen molar-refractivity contribution in [2.75, 3.05) is 0 Å². The molecule has 8 nitrogen and oxygen atoms in total. The second kappa shape index (κ2) is 7.72. The van der Waals surface area contributed by atoms with E-state index in [0.29, 0.717) is 19.3 Å². The van der Waals surface area contributed by atoms with Crippen molar-refractivity contribution in [2.24, 2.45) is 11.3 Å². The van der Waals surface area contributed by atoms with Gasteiger partial charge in [0.1, 0.15) is 17.6 Å². The third-order valence-electron chi connectivity index (χ3n) is 11.8. The van der Waals surface area contributed by atoms with Crippen molar-refractivity contribution in [3.8, 4) is 0 Å². The van der Waals surface area contributed by atoms with Gasteiger partial charge in [0.05, 0.1) is 23.1 Å². The average Bonchev–Trinajstić information content (AvgIpc) is 3.44. The quantitative estimate of drug-likeness (QED) is 0.318. The molecule has 6 aliphatic heterocycles. The number of nitrogens with one attached hydrogen (secondary N) is 2. The summed E-state index contributed by atoms with van der Waals surface area (Å²) in [5, 5.41) is 6.61.